The molecule has 0 aromatic heterocycles. The summed E-state index contributed by atoms with van der Waals surface area (Å²) < 4.78 is 6.01. The fourth-order valence-electron chi connectivity index (χ4n) is 3.55. The Morgan fingerprint density at radius 1 is 0.950 bits per heavy atom. The van der Waals surface area contributed by atoms with Crippen molar-refractivity contribution < 1.29 is 4.74 Å². The number of piperidine rings is 2. The molecule has 2 aliphatic heterocycles. The summed E-state index contributed by atoms with van der Waals surface area (Å²) in [5.74, 6) is 0.800. The fraction of sp³-hybridized carbons (Fsp3) is 1.00. The van der Waals surface area contributed by atoms with Gasteiger partial charge in [-0.05, 0) is 70.5 Å². The van der Waals surface area contributed by atoms with Crippen LogP contribution in [0.1, 0.15) is 44.9 Å². The van der Waals surface area contributed by atoms with Gasteiger partial charge in [0, 0.05) is 12.6 Å². The van der Waals surface area contributed by atoms with Gasteiger partial charge in [0.05, 0.1) is 12.7 Å². The molecule has 0 aromatic carbocycles. The Morgan fingerprint density at radius 2 is 1.70 bits per heavy atom. The average molecular weight is 325 g/mol. The van der Waals surface area contributed by atoms with Crippen LogP contribution in [0.3, 0.4) is 0 Å². The van der Waals surface area contributed by atoms with Crippen LogP contribution in [-0.2, 0) is 4.74 Å². The van der Waals surface area contributed by atoms with Crippen molar-refractivity contribution in [1.29, 1.82) is 0 Å². The second kappa shape index (κ2) is 9.47. The Kier molecular flexibility index (Phi) is 8.77. The van der Waals surface area contributed by atoms with Crippen LogP contribution in [0.2, 0.25) is 0 Å². The molecule has 120 valence electrons. The van der Waals surface area contributed by atoms with E-state index in [1.54, 1.807) is 0 Å². The monoisotopic (exact) mass is 324 g/mol. The smallest absolute Gasteiger partial charge is 0.0575 e. The number of hydrogen-bond acceptors (Lipinski definition) is 3. The van der Waals surface area contributed by atoms with Gasteiger partial charge in [-0.2, -0.15) is 0 Å². The van der Waals surface area contributed by atoms with Gasteiger partial charge in [-0.3, -0.25) is 4.90 Å². The van der Waals surface area contributed by atoms with E-state index >= 15 is 0 Å². The lowest BCUT2D eigenvalue weighted by Crippen LogP contribution is -2.48. The zero-order valence-corrected chi connectivity index (χ0v) is 14.0. The zero-order valence-electron chi connectivity index (χ0n) is 12.4. The second-order valence-electron chi connectivity index (χ2n) is 6.37. The van der Waals surface area contributed by atoms with Gasteiger partial charge in [-0.1, -0.05) is 0 Å². The predicted molar refractivity (Wildman–Crippen MR) is 88.3 cm³/mol. The summed E-state index contributed by atoms with van der Waals surface area (Å²) >= 11 is 0. The van der Waals surface area contributed by atoms with Crippen molar-refractivity contribution in [2.45, 2.75) is 57.1 Å². The Labute approximate surface area is 136 Å². The Balaban J connectivity index is 0.000001000. The van der Waals surface area contributed by atoms with Gasteiger partial charge in [-0.25, -0.2) is 0 Å². The van der Waals surface area contributed by atoms with Crippen molar-refractivity contribution >= 4 is 24.8 Å². The molecule has 1 aliphatic carbocycles. The maximum absolute atomic E-state index is 6.01. The second-order valence-corrected chi connectivity index (χ2v) is 6.37. The number of halogens is 2. The molecule has 3 rings (SSSR count). The molecule has 1 saturated carbocycles. The molecule has 2 saturated heterocycles. The van der Waals surface area contributed by atoms with Gasteiger partial charge >= 0.3 is 0 Å². The highest BCUT2D eigenvalue weighted by Gasteiger charge is 2.28. The molecule has 5 heteroatoms. The van der Waals surface area contributed by atoms with Crippen molar-refractivity contribution in [2.24, 2.45) is 5.92 Å². The molecule has 3 nitrogen and oxygen atoms in total. The molecule has 3 fully saturated rings. The normalized spacial score (nSPS) is 29.1. The van der Waals surface area contributed by atoms with E-state index in [4.69, 9.17) is 4.74 Å². The highest BCUT2D eigenvalue weighted by molar-refractivity contribution is 5.85. The summed E-state index contributed by atoms with van der Waals surface area (Å²) in [6.07, 6.45) is 10.1. The number of hydrogen-bond donors (Lipinski definition) is 1. The molecule has 2 heterocycles. The fourth-order valence-corrected chi connectivity index (χ4v) is 3.55. The van der Waals surface area contributed by atoms with Crippen LogP contribution in [0.4, 0.5) is 0 Å². The molecule has 1 atom stereocenters. The van der Waals surface area contributed by atoms with Crippen molar-refractivity contribution in [3.63, 3.8) is 0 Å². The summed E-state index contributed by atoms with van der Waals surface area (Å²) in [4.78, 5) is 2.75. The van der Waals surface area contributed by atoms with Crippen molar-refractivity contribution in [1.82, 2.24) is 10.2 Å². The van der Waals surface area contributed by atoms with E-state index in [2.05, 4.69) is 10.2 Å². The standard InChI is InChI=1S/C15H28N2O.2ClH/c1-4-15(5-1)18-12-13-3-2-10-17(11-13)14-6-8-16-9-7-14;;/h13-16H,1-12H2;2*1H. The van der Waals surface area contributed by atoms with Gasteiger partial charge < -0.3 is 10.1 Å². The first-order valence-corrected chi connectivity index (χ1v) is 7.98. The van der Waals surface area contributed by atoms with Gasteiger partial charge in [0.15, 0.2) is 0 Å². The highest BCUT2D eigenvalue weighted by atomic mass is 35.5. The first-order valence-electron chi connectivity index (χ1n) is 7.98. The van der Waals surface area contributed by atoms with E-state index in [0.29, 0.717) is 6.10 Å². The summed E-state index contributed by atoms with van der Waals surface area (Å²) in [6.45, 7) is 6.06. The maximum Gasteiger partial charge on any atom is 0.0575 e. The molecular formula is C15H30Cl2N2O. The Morgan fingerprint density at radius 3 is 2.35 bits per heavy atom. The SMILES string of the molecule is C1CC(OCC2CCCN(C3CCNCC3)C2)C1.Cl.Cl. The van der Waals surface area contributed by atoms with Crippen LogP contribution < -0.4 is 5.32 Å². The average Bonchev–Trinajstić information content (AvgIpc) is 2.38. The van der Waals surface area contributed by atoms with Crippen molar-refractivity contribution in [3.8, 4) is 0 Å². The van der Waals surface area contributed by atoms with Gasteiger partial charge in [0.2, 0.25) is 0 Å². The number of likely N-dealkylation sites (tertiary alicyclic amines) is 1. The summed E-state index contributed by atoms with van der Waals surface area (Å²) in [5, 5.41) is 3.47. The van der Waals surface area contributed by atoms with Gasteiger partial charge in [-0.15, -0.1) is 24.8 Å². The van der Waals surface area contributed by atoms with Crippen LogP contribution in [0.5, 0.6) is 0 Å². The Bertz CT molecular complexity index is 258. The third-order valence-electron chi connectivity index (χ3n) is 5.00. The topological polar surface area (TPSA) is 24.5 Å². The van der Waals surface area contributed by atoms with Crippen LogP contribution in [-0.4, -0.2) is 49.8 Å². The molecule has 0 amide bonds. The van der Waals surface area contributed by atoms with E-state index in [-0.39, 0.29) is 24.8 Å². The molecule has 0 spiro atoms. The van der Waals surface area contributed by atoms with Crippen LogP contribution in [0.25, 0.3) is 0 Å². The molecule has 0 aromatic rings. The third kappa shape index (κ3) is 5.03. The minimum atomic E-state index is 0. The zero-order chi connectivity index (χ0) is 12.2. The molecule has 0 bridgehead atoms. The predicted octanol–water partition coefficient (Wildman–Crippen LogP) is 2.86. The lowest BCUT2D eigenvalue weighted by molar-refractivity contribution is -0.0329. The summed E-state index contributed by atoms with van der Waals surface area (Å²) in [7, 11) is 0. The van der Waals surface area contributed by atoms with Crippen LogP contribution in [0.15, 0.2) is 0 Å². The van der Waals surface area contributed by atoms with Crippen molar-refractivity contribution in [3.05, 3.63) is 0 Å². The first-order chi connectivity index (χ1) is 8.92. The maximum atomic E-state index is 6.01. The minimum Gasteiger partial charge on any atom is -0.378 e. The number of nitrogens with one attached hydrogen (secondary N) is 1. The highest BCUT2D eigenvalue weighted by Crippen LogP contribution is 2.26. The number of ether oxygens (including phenoxy) is 1. The summed E-state index contributed by atoms with van der Waals surface area (Å²) in [5.41, 5.74) is 0. The lowest BCUT2D eigenvalue weighted by Gasteiger charge is -2.40. The summed E-state index contributed by atoms with van der Waals surface area (Å²) in [6, 6.07) is 0.845. The van der Waals surface area contributed by atoms with E-state index in [0.717, 1.165) is 18.6 Å². The van der Waals surface area contributed by atoms with Gasteiger partial charge in [0.25, 0.3) is 0 Å². The van der Waals surface area contributed by atoms with Crippen LogP contribution in [0, 0.1) is 5.92 Å². The van der Waals surface area contributed by atoms with Crippen LogP contribution >= 0.6 is 24.8 Å². The molecule has 1 N–H and O–H groups in total. The quantitative estimate of drug-likeness (QED) is 0.860. The Hall–Kier alpha value is 0.460. The van der Waals surface area contributed by atoms with E-state index in [1.165, 1.54) is 71.1 Å². The minimum absolute atomic E-state index is 0. The largest absolute Gasteiger partial charge is 0.378 e. The van der Waals surface area contributed by atoms with E-state index in [9.17, 15) is 0 Å². The molecule has 1 unspecified atom stereocenters. The first kappa shape index (κ1) is 18.5. The molecule has 3 aliphatic rings. The lowest BCUT2D eigenvalue weighted by atomic mass is 9.93. The number of nitrogens with zero attached hydrogens (tertiary/aromatic N) is 1. The van der Waals surface area contributed by atoms with E-state index < -0.39 is 0 Å². The van der Waals surface area contributed by atoms with E-state index in [1.807, 2.05) is 0 Å². The molecular weight excluding hydrogens is 295 g/mol. The molecule has 0 radical (unpaired) electrons. The van der Waals surface area contributed by atoms with Gasteiger partial charge in [0.1, 0.15) is 0 Å². The number of rotatable bonds is 4. The molecule has 20 heavy (non-hydrogen) atoms. The third-order valence-corrected chi connectivity index (χ3v) is 5.00. The van der Waals surface area contributed by atoms with Crippen molar-refractivity contribution in [2.75, 3.05) is 32.8 Å².